The molecule has 0 aliphatic carbocycles. The maximum Gasteiger partial charge on any atom is 0.213 e. The molecule has 2 aromatic heterocycles. The molecule has 2 aromatic rings. The molecule has 0 N–H and O–H groups in total. The minimum atomic E-state index is 0.0472. The van der Waals surface area contributed by atoms with Gasteiger partial charge in [0.25, 0.3) is 0 Å². The van der Waals surface area contributed by atoms with Gasteiger partial charge in [-0.1, -0.05) is 0 Å². The van der Waals surface area contributed by atoms with Crippen molar-refractivity contribution >= 4 is 11.3 Å². The highest BCUT2D eigenvalue weighted by Gasteiger charge is 2.51. The van der Waals surface area contributed by atoms with Crippen LogP contribution in [0.3, 0.4) is 0 Å². The fourth-order valence-corrected chi connectivity index (χ4v) is 4.32. The average molecular weight is 341 g/mol. The van der Waals surface area contributed by atoms with Gasteiger partial charge in [0.2, 0.25) is 5.88 Å². The summed E-state index contributed by atoms with van der Waals surface area (Å²) in [6.45, 7) is 5.20. The summed E-state index contributed by atoms with van der Waals surface area (Å²) < 4.78 is 11.7. The van der Waals surface area contributed by atoms with Gasteiger partial charge in [-0.05, 0) is 28.5 Å². The maximum absolute atomic E-state index is 8.84. The predicted molar refractivity (Wildman–Crippen MR) is 90.8 cm³/mol. The molecule has 2 aliphatic rings. The van der Waals surface area contributed by atoms with E-state index in [-0.39, 0.29) is 5.41 Å². The Morgan fingerprint density at radius 3 is 3.17 bits per heavy atom. The zero-order valence-electron chi connectivity index (χ0n) is 13.4. The zero-order chi connectivity index (χ0) is 16.4. The van der Waals surface area contributed by atoms with Crippen LogP contribution in [0.15, 0.2) is 35.2 Å². The van der Waals surface area contributed by atoms with Gasteiger partial charge in [-0.3, -0.25) is 4.90 Å². The van der Waals surface area contributed by atoms with Crippen molar-refractivity contribution in [2.24, 2.45) is 11.3 Å². The van der Waals surface area contributed by atoms with Crippen LogP contribution in [0.5, 0.6) is 5.88 Å². The Balaban J connectivity index is 1.41. The molecule has 0 saturated carbocycles. The lowest BCUT2D eigenvalue weighted by Crippen LogP contribution is -2.37. The summed E-state index contributed by atoms with van der Waals surface area (Å²) in [6.07, 6.45) is 1.55. The second-order valence-electron chi connectivity index (χ2n) is 6.66. The molecule has 6 heteroatoms. The van der Waals surface area contributed by atoms with Gasteiger partial charge in [-0.25, -0.2) is 4.98 Å². The van der Waals surface area contributed by atoms with Crippen molar-refractivity contribution in [1.29, 1.82) is 5.26 Å². The van der Waals surface area contributed by atoms with E-state index in [9.17, 15) is 0 Å². The lowest BCUT2D eigenvalue weighted by molar-refractivity contribution is 0.0882. The molecule has 2 aliphatic heterocycles. The first-order valence-electron chi connectivity index (χ1n) is 8.08. The van der Waals surface area contributed by atoms with Gasteiger partial charge < -0.3 is 9.47 Å². The number of nitrogens with zero attached hydrogens (tertiary/aromatic N) is 3. The summed E-state index contributed by atoms with van der Waals surface area (Å²) in [7, 11) is 0. The zero-order valence-corrected chi connectivity index (χ0v) is 14.2. The molecule has 124 valence electrons. The quantitative estimate of drug-likeness (QED) is 0.836. The molecule has 2 atom stereocenters. The molecule has 0 amide bonds. The van der Waals surface area contributed by atoms with Crippen LogP contribution in [0.1, 0.15) is 11.1 Å². The number of fused-ring (bicyclic) bond motifs is 1. The van der Waals surface area contributed by atoms with Crippen molar-refractivity contribution in [2.75, 3.05) is 32.9 Å². The Bertz CT molecular complexity index is 726. The standard InChI is InChI=1S/C18H19N3O2S/c19-5-14-1-2-17(20-6-14)23-13-18-11-21(7-15-3-4-24-10-15)8-16(18)9-22-12-18/h1-4,6,10,16H,7-9,11-13H2/t16-,18+/m1/s1. The minimum absolute atomic E-state index is 0.0472. The van der Waals surface area contributed by atoms with Crippen LogP contribution in [0.2, 0.25) is 0 Å². The van der Waals surface area contributed by atoms with Crippen LogP contribution in [0, 0.1) is 22.7 Å². The number of rotatable bonds is 5. The van der Waals surface area contributed by atoms with Crippen LogP contribution >= 0.6 is 11.3 Å². The number of hydrogen-bond donors (Lipinski definition) is 0. The number of ether oxygens (including phenoxy) is 2. The molecule has 0 aromatic carbocycles. The lowest BCUT2D eigenvalue weighted by Gasteiger charge is -2.27. The molecule has 24 heavy (non-hydrogen) atoms. The number of likely N-dealkylation sites (tertiary alicyclic amines) is 1. The number of nitriles is 1. The first-order chi connectivity index (χ1) is 11.8. The molecule has 4 heterocycles. The van der Waals surface area contributed by atoms with Crippen LogP contribution in [0.4, 0.5) is 0 Å². The van der Waals surface area contributed by atoms with E-state index in [2.05, 4.69) is 32.8 Å². The van der Waals surface area contributed by atoms with Crippen molar-refractivity contribution in [3.8, 4) is 11.9 Å². The first kappa shape index (κ1) is 15.6. The predicted octanol–water partition coefficient (Wildman–Crippen LogP) is 2.54. The highest BCUT2D eigenvalue weighted by molar-refractivity contribution is 7.07. The second kappa shape index (κ2) is 6.52. The van der Waals surface area contributed by atoms with Gasteiger partial charge in [0.15, 0.2) is 0 Å². The van der Waals surface area contributed by atoms with E-state index in [4.69, 9.17) is 14.7 Å². The van der Waals surface area contributed by atoms with E-state index >= 15 is 0 Å². The van der Waals surface area contributed by atoms with Crippen molar-refractivity contribution in [1.82, 2.24) is 9.88 Å². The van der Waals surface area contributed by atoms with Crippen molar-refractivity contribution < 1.29 is 9.47 Å². The third-order valence-corrected chi connectivity index (χ3v) is 5.68. The normalized spacial score (nSPS) is 26.2. The van der Waals surface area contributed by atoms with Crippen LogP contribution in [0.25, 0.3) is 0 Å². The largest absolute Gasteiger partial charge is 0.477 e. The summed E-state index contributed by atoms with van der Waals surface area (Å²) in [6, 6.07) is 7.76. The SMILES string of the molecule is N#Cc1ccc(OC[C@]23COC[C@H]2CN(Cc2ccsc2)C3)nc1. The second-order valence-corrected chi connectivity index (χ2v) is 7.44. The minimum Gasteiger partial charge on any atom is -0.477 e. The van der Waals surface area contributed by atoms with Crippen molar-refractivity contribution in [2.45, 2.75) is 6.54 Å². The molecule has 0 unspecified atom stereocenters. The fourth-order valence-electron chi connectivity index (χ4n) is 3.66. The molecule has 5 nitrogen and oxygen atoms in total. The summed E-state index contributed by atoms with van der Waals surface area (Å²) in [5.41, 5.74) is 1.97. The topological polar surface area (TPSA) is 58.4 Å². The van der Waals surface area contributed by atoms with Gasteiger partial charge in [0.05, 0.1) is 25.4 Å². The van der Waals surface area contributed by atoms with Gasteiger partial charge in [-0.15, -0.1) is 0 Å². The maximum atomic E-state index is 8.84. The Hall–Kier alpha value is -1.94. The molecule has 0 radical (unpaired) electrons. The van der Waals surface area contributed by atoms with E-state index in [0.717, 1.165) is 32.8 Å². The number of aromatic nitrogens is 1. The van der Waals surface area contributed by atoms with E-state index in [1.807, 2.05) is 0 Å². The lowest BCUT2D eigenvalue weighted by atomic mass is 9.82. The molecular formula is C18H19N3O2S. The fraction of sp³-hybridized carbons (Fsp3) is 0.444. The van der Waals surface area contributed by atoms with E-state index in [0.29, 0.717) is 24.0 Å². The van der Waals surface area contributed by atoms with Crippen molar-refractivity contribution in [3.05, 3.63) is 46.3 Å². The van der Waals surface area contributed by atoms with Gasteiger partial charge in [-0.2, -0.15) is 16.6 Å². The van der Waals surface area contributed by atoms with E-state index in [1.54, 1.807) is 29.7 Å². The summed E-state index contributed by atoms with van der Waals surface area (Å²) >= 11 is 1.75. The van der Waals surface area contributed by atoms with E-state index < -0.39 is 0 Å². The summed E-state index contributed by atoms with van der Waals surface area (Å²) in [4.78, 5) is 6.71. The smallest absolute Gasteiger partial charge is 0.213 e. The van der Waals surface area contributed by atoms with Crippen LogP contribution < -0.4 is 4.74 Å². The highest BCUT2D eigenvalue weighted by Crippen LogP contribution is 2.42. The average Bonchev–Trinajstić information content (AvgIpc) is 3.30. The Morgan fingerprint density at radius 1 is 1.46 bits per heavy atom. The van der Waals surface area contributed by atoms with Crippen LogP contribution in [-0.2, 0) is 11.3 Å². The number of thiophene rings is 1. The third-order valence-electron chi connectivity index (χ3n) is 4.95. The van der Waals surface area contributed by atoms with Crippen molar-refractivity contribution in [3.63, 3.8) is 0 Å². The van der Waals surface area contributed by atoms with Gasteiger partial charge >= 0.3 is 0 Å². The molecular weight excluding hydrogens is 322 g/mol. The van der Waals surface area contributed by atoms with Gasteiger partial charge in [0, 0.05) is 43.2 Å². The highest BCUT2D eigenvalue weighted by atomic mass is 32.1. The Labute approximate surface area is 145 Å². The summed E-state index contributed by atoms with van der Waals surface area (Å²) in [5, 5.41) is 13.2. The van der Waals surface area contributed by atoms with E-state index in [1.165, 1.54) is 5.56 Å². The summed E-state index contributed by atoms with van der Waals surface area (Å²) in [5.74, 6) is 1.08. The number of hydrogen-bond acceptors (Lipinski definition) is 6. The molecule has 2 fully saturated rings. The number of pyridine rings is 1. The molecule has 0 spiro atoms. The Morgan fingerprint density at radius 2 is 2.42 bits per heavy atom. The Kier molecular flexibility index (Phi) is 4.23. The van der Waals surface area contributed by atoms with Gasteiger partial charge in [0.1, 0.15) is 6.07 Å². The van der Waals surface area contributed by atoms with Crippen LogP contribution in [-0.4, -0.2) is 42.8 Å². The molecule has 4 rings (SSSR count). The third kappa shape index (κ3) is 3.03. The first-order valence-corrected chi connectivity index (χ1v) is 9.02. The monoisotopic (exact) mass is 341 g/mol. The molecule has 0 bridgehead atoms. The molecule has 2 saturated heterocycles.